The van der Waals surface area contributed by atoms with E-state index in [1.165, 1.54) is 30.7 Å². The van der Waals surface area contributed by atoms with Crippen LogP contribution in [0, 0.1) is 11.6 Å². The Balaban J connectivity index is 1.61. The Morgan fingerprint density at radius 1 is 1.07 bits per heavy atom. The summed E-state index contributed by atoms with van der Waals surface area (Å²) >= 11 is 0. The van der Waals surface area contributed by atoms with E-state index in [1.807, 2.05) is 0 Å². The molecule has 3 rings (SSSR count). The molecule has 1 amide bonds. The summed E-state index contributed by atoms with van der Waals surface area (Å²) in [5, 5.41) is 2.98. The van der Waals surface area contributed by atoms with Crippen molar-refractivity contribution in [2.75, 3.05) is 4.72 Å². The monoisotopic (exact) mass is 438 g/mol. The number of ether oxygens (including phenoxy) is 1. The maximum atomic E-state index is 13.7. The van der Waals surface area contributed by atoms with Gasteiger partial charge in [-0.15, -0.1) is 0 Å². The van der Waals surface area contributed by atoms with Gasteiger partial charge in [0.2, 0.25) is 0 Å². The summed E-state index contributed by atoms with van der Waals surface area (Å²) in [5.74, 6) is -1.71. The summed E-state index contributed by atoms with van der Waals surface area (Å²) in [7, 11) is -4.08. The third-order valence-corrected chi connectivity index (χ3v) is 6.32. The average molecular weight is 438 g/mol. The molecule has 30 heavy (non-hydrogen) atoms. The molecule has 0 saturated heterocycles. The second-order valence-electron chi connectivity index (χ2n) is 7.30. The zero-order valence-corrected chi connectivity index (χ0v) is 17.3. The van der Waals surface area contributed by atoms with Crippen LogP contribution in [-0.4, -0.2) is 26.5 Å². The van der Waals surface area contributed by atoms with Crippen molar-refractivity contribution >= 4 is 21.6 Å². The van der Waals surface area contributed by atoms with E-state index < -0.39 is 27.8 Å². The van der Waals surface area contributed by atoms with Gasteiger partial charge in [-0.05, 0) is 56.2 Å². The highest BCUT2D eigenvalue weighted by atomic mass is 32.2. The summed E-state index contributed by atoms with van der Waals surface area (Å²) < 4.78 is 59.2. The molecular weight excluding hydrogens is 414 g/mol. The largest absolute Gasteiger partial charge is 0.481 e. The summed E-state index contributed by atoms with van der Waals surface area (Å²) in [4.78, 5) is 12.2. The fourth-order valence-corrected chi connectivity index (χ4v) is 4.36. The summed E-state index contributed by atoms with van der Waals surface area (Å²) in [5.41, 5.74) is -0.357. The normalized spacial score (nSPS) is 16.0. The van der Waals surface area contributed by atoms with Gasteiger partial charge in [-0.3, -0.25) is 9.52 Å². The summed E-state index contributed by atoms with van der Waals surface area (Å²) in [6.45, 7) is 1.63. The highest BCUT2D eigenvalue weighted by molar-refractivity contribution is 7.92. The van der Waals surface area contributed by atoms with Gasteiger partial charge >= 0.3 is 0 Å². The molecule has 2 N–H and O–H groups in total. The zero-order valence-electron chi connectivity index (χ0n) is 16.5. The third-order valence-electron chi connectivity index (χ3n) is 4.94. The number of nitrogens with one attached hydrogen (secondary N) is 2. The summed E-state index contributed by atoms with van der Waals surface area (Å²) in [6, 6.07) is 8.12. The van der Waals surface area contributed by atoms with Crippen LogP contribution in [0.4, 0.5) is 14.5 Å². The Labute approximate surface area is 174 Å². The van der Waals surface area contributed by atoms with Crippen molar-refractivity contribution in [1.82, 2.24) is 5.32 Å². The zero-order chi connectivity index (χ0) is 21.7. The molecule has 1 aliphatic rings. The first kappa shape index (κ1) is 22.0. The Bertz CT molecular complexity index is 991. The van der Waals surface area contributed by atoms with E-state index in [1.54, 1.807) is 6.92 Å². The number of carbonyl (C=O) groups excluding carboxylic acids is 1. The van der Waals surface area contributed by atoms with E-state index in [4.69, 9.17) is 4.74 Å². The topological polar surface area (TPSA) is 84.5 Å². The van der Waals surface area contributed by atoms with Crippen LogP contribution in [0.3, 0.4) is 0 Å². The smallest absolute Gasteiger partial charge is 0.261 e. The lowest BCUT2D eigenvalue weighted by Crippen LogP contribution is -2.43. The first-order valence-electron chi connectivity index (χ1n) is 9.79. The van der Waals surface area contributed by atoms with Gasteiger partial charge in [0, 0.05) is 12.1 Å². The highest BCUT2D eigenvalue weighted by Crippen LogP contribution is 2.22. The molecule has 1 aliphatic carbocycles. The quantitative estimate of drug-likeness (QED) is 0.685. The first-order chi connectivity index (χ1) is 14.2. The van der Waals surface area contributed by atoms with Gasteiger partial charge in [0.25, 0.3) is 15.9 Å². The van der Waals surface area contributed by atoms with Crippen LogP contribution >= 0.6 is 0 Å². The second kappa shape index (κ2) is 9.42. The van der Waals surface area contributed by atoms with Crippen LogP contribution in [-0.2, 0) is 14.8 Å². The molecule has 0 radical (unpaired) electrons. The van der Waals surface area contributed by atoms with Crippen molar-refractivity contribution in [2.24, 2.45) is 0 Å². The molecule has 162 valence electrons. The predicted molar refractivity (Wildman–Crippen MR) is 109 cm³/mol. The number of hydrogen-bond donors (Lipinski definition) is 2. The fraction of sp³-hybridized carbons (Fsp3) is 0.381. The molecule has 0 aliphatic heterocycles. The SMILES string of the molecule is C[C@H](Oc1ccc(S(=O)(=O)Nc2ccc(F)cc2F)cc1)C(=O)NC1CCCCC1. The van der Waals surface area contributed by atoms with Gasteiger partial charge in [-0.25, -0.2) is 17.2 Å². The predicted octanol–water partition coefficient (Wildman–Crippen LogP) is 3.98. The minimum atomic E-state index is -4.08. The summed E-state index contributed by atoms with van der Waals surface area (Å²) in [6.07, 6.45) is 4.59. The third kappa shape index (κ3) is 5.69. The lowest BCUT2D eigenvalue weighted by molar-refractivity contribution is -0.128. The van der Waals surface area contributed by atoms with Crippen LogP contribution in [0.15, 0.2) is 47.4 Å². The molecule has 0 spiro atoms. The number of anilines is 1. The fourth-order valence-electron chi connectivity index (χ4n) is 3.30. The number of halogens is 2. The van der Waals surface area contributed by atoms with Gasteiger partial charge in [0.1, 0.15) is 17.4 Å². The van der Waals surface area contributed by atoms with Crippen LogP contribution < -0.4 is 14.8 Å². The number of amides is 1. The number of sulfonamides is 1. The Hall–Kier alpha value is -2.68. The van der Waals surface area contributed by atoms with Crippen LogP contribution in [0.2, 0.25) is 0 Å². The Morgan fingerprint density at radius 3 is 2.37 bits per heavy atom. The van der Waals surface area contributed by atoms with Gasteiger partial charge in [0.05, 0.1) is 10.6 Å². The van der Waals surface area contributed by atoms with Gasteiger partial charge in [-0.2, -0.15) is 0 Å². The maximum absolute atomic E-state index is 13.7. The minimum absolute atomic E-state index is 0.127. The van der Waals surface area contributed by atoms with E-state index >= 15 is 0 Å². The second-order valence-corrected chi connectivity index (χ2v) is 8.99. The van der Waals surface area contributed by atoms with Crippen molar-refractivity contribution < 1.29 is 26.7 Å². The number of benzene rings is 2. The van der Waals surface area contributed by atoms with Gasteiger partial charge < -0.3 is 10.1 Å². The first-order valence-corrected chi connectivity index (χ1v) is 11.3. The molecule has 0 unspecified atom stereocenters. The van der Waals surface area contributed by atoms with E-state index in [0.29, 0.717) is 11.8 Å². The molecule has 0 heterocycles. The van der Waals surface area contributed by atoms with Crippen LogP contribution in [0.25, 0.3) is 0 Å². The molecule has 2 aromatic carbocycles. The molecule has 2 aromatic rings. The van der Waals surface area contributed by atoms with E-state index in [9.17, 15) is 22.0 Å². The Morgan fingerprint density at radius 2 is 1.73 bits per heavy atom. The number of rotatable bonds is 7. The molecule has 6 nitrogen and oxygen atoms in total. The number of carbonyl (C=O) groups is 1. The van der Waals surface area contributed by atoms with E-state index in [0.717, 1.165) is 37.8 Å². The van der Waals surface area contributed by atoms with Crippen molar-refractivity contribution in [2.45, 2.75) is 56.1 Å². The van der Waals surface area contributed by atoms with Crippen molar-refractivity contribution in [3.8, 4) is 5.75 Å². The highest BCUT2D eigenvalue weighted by Gasteiger charge is 2.21. The Kier molecular flexibility index (Phi) is 6.91. The van der Waals surface area contributed by atoms with Crippen molar-refractivity contribution in [3.63, 3.8) is 0 Å². The van der Waals surface area contributed by atoms with Crippen molar-refractivity contribution in [1.29, 1.82) is 0 Å². The van der Waals surface area contributed by atoms with E-state index in [-0.39, 0.29) is 22.5 Å². The maximum Gasteiger partial charge on any atom is 0.261 e. The molecule has 9 heteroatoms. The van der Waals surface area contributed by atoms with Crippen molar-refractivity contribution in [3.05, 3.63) is 54.1 Å². The average Bonchev–Trinajstić information content (AvgIpc) is 2.71. The molecule has 0 bridgehead atoms. The van der Waals surface area contributed by atoms with E-state index in [2.05, 4.69) is 10.0 Å². The molecule has 1 fully saturated rings. The van der Waals surface area contributed by atoms with Gasteiger partial charge in [-0.1, -0.05) is 19.3 Å². The number of hydrogen-bond acceptors (Lipinski definition) is 4. The molecule has 0 aromatic heterocycles. The molecule has 1 saturated carbocycles. The van der Waals surface area contributed by atoms with Crippen LogP contribution in [0.5, 0.6) is 5.75 Å². The standard InChI is InChI=1S/C21H24F2N2O4S/c1-14(21(26)24-16-5-3-2-4-6-16)29-17-8-10-18(11-9-17)30(27,28)25-20-12-7-15(22)13-19(20)23/h7-14,16,25H,2-6H2,1H3,(H,24,26)/t14-/m0/s1. The molecular formula is C21H24F2N2O4S. The lowest BCUT2D eigenvalue weighted by atomic mass is 9.95. The van der Waals surface area contributed by atoms with Gasteiger partial charge in [0.15, 0.2) is 6.10 Å². The molecule has 1 atom stereocenters. The lowest BCUT2D eigenvalue weighted by Gasteiger charge is -2.24. The minimum Gasteiger partial charge on any atom is -0.481 e. The van der Waals surface area contributed by atoms with Crippen LogP contribution in [0.1, 0.15) is 39.0 Å².